The number of alkyl halides is 3. The molecule has 1 amide bonds. The molecule has 0 saturated carbocycles. The second-order valence-electron chi connectivity index (χ2n) is 10.6. The first kappa shape index (κ1) is 28.6. The van der Waals surface area contributed by atoms with Gasteiger partial charge in [0, 0.05) is 51.9 Å². The normalized spacial score (nSPS) is 16.8. The zero-order chi connectivity index (χ0) is 29.1. The van der Waals surface area contributed by atoms with Gasteiger partial charge in [-0.25, -0.2) is 9.37 Å². The van der Waals surface area contributed by atoms with E-state index in [-0.39, 0.29) is 24.8 Å². The van der Waals surface area contributed by atoms with Crippen LogP contribution in [0.2, 0.25) is 0 Å². The number of hydrogen-bond donors (Lipinski definition) is 0. The summed E-state index contributed by atoms with van der Waals surface area (Å²) < 4.78 is 60.4. The molecule has 0 atom stereocenters. The predicted molar refractivity (Wildman–Crippen MR) is 143 cm³/mol. The Labute approximate surface area is 235 Å². The van der Waals surface area contributed by atoms with E-state index in [1.807, 2.05) is 4.90 Å². The number of piperazine rings is 1. The van der Waals surface area contributed by atoms with E-state index in [4.69, 9.17) is 4.42 Å². The van der Waals surface area contributed by atoms with Crippen LogP contribution in [0.4, 0.5) is 29.4 Å². The Hall–Kier alpha value is -3.96. The fourth-order valence-electron chi connectivity index (χ4n) is 5.10. The first-order chi connectivity index (χ1) is 19.6. The fraction of sp³-hybridized carbons (Fsp3) is 0.448. The lowest BCUT2D eigenvalue weighted by atomic mass is 10.00. The molecule has 218 valence electrons. The number of rotatable bonds is 7. The van der Waals surface area contributed by atoms with Crippen LogP contribution in [-0.2, 0) is 23.8 Å². The first-order valence-corrected chi connectivity index (χ1v) is 13.7. The highest BCUT2D eigenvalue weighted by molar-refractivity contribution is 5.96. The van der Waals surface area contributed by atoms with Crippen molar-refractivity contribution in [1.29, 1.82) is 0 Å². The number of ketones is 1. The number of piperidine rings is 1. The number of carbonyl (C=O) groups is 2. The molecule has 8 nitrogen and oxygen atoms in total. The fourth-order valence-corrected chi connectivity index (χ4v) is 5.10. The van der Waals surface area contributed by atoms with Crippen molar-refractivity contribution < 1.29 is 31.6 Å². The van der Waals surface area contributed by atoms with E-state index in [0.717, 1.165) is 12.8 Å². The Morgan fingerprint density at radius 2 is 1.66 bits per heavy atom. The van der Waals surface area contributed by atoms with E-state index in [0.29, 0.717) is 62.1 Å². The summed E-state index contributed by atoms with van der Waals surface area (Å²) in [7, 11) is 0. The molecule has 5 rings (SSSR count). The van der Waals surface area contributed by atoms with E-state index in [2.05, 4.69) is 16.9 Å². The van der Waals surface area contributed by atoms with Gasteiger partial charge in [-0.3, -0.25) is 9.59 Å². The molecule has 2 aliphatic rings. The molecule has 2 aromatic heterocycles. The number of benzene rings is 1. The molecule has 2 aliphatic heterocycles. The maximum Gasteiger partial charge on any atom is 0.437 e. The van der Waals surface area contributed by atoms with Crippen LogP contribution >= 0.6 is 0 Å². The molecule has 3 aromatic rings. The highest BCUT2D eigenvalue weighted by atomic mass is 19.4. The van der Waals surface area contributed by atoms with Crippen LogP contribution in [0.5, 0.6) is 0 Å². The number of carbonyl (C=O) groups excluding carboxylic acids is 2. The van der Waals surface area contributed by atoms with Crippen molar-refractivity contribution in [1.82, 2.24) is 14.9 Å². The summed E-state index contributed by atoms with van der Waals surface area (Å²) in [6, 6.07) is 9.37. The Balaban J connectivity index is 1.19. The molecule has 0 N–H and O–H groups in total. The second-order valence-corrected chi connectivity index (χ2v) is 10.6. The van der Waals surface area contributed by atoms with E-state index in [1.54, 1.807) is 40.1 Å². The molecule has 41 heavy (non-hydrogen) atoms. The van der Waals surface area contributed by atoms with Crippen molar-refractivity contribution in [3.05, 3.63) is 71.0 Å². The van der Waals surface area contributed by atoms with Crippen molar-refractivity contribution in [2.24, 2.45) is 5.92 Å². The molecular weight excluding hydrogens is 542 g/mol. The number of oxazole rings is 1. The number of hydrogen-bond acceptors (Lipinski definition) is 7. The minimum Gasteiger partial charge on any atom is -0.420 e. The number of halogens is 4. The third kappa shape index (κ3) is 6.68. The van der Waals surface area contributed by atoms with Crippen molar-refractivity contribution in [2.45, 2.75) is 38.8 Å². The summed E-state index contributed by atoms with van der Waals surface area (Å²) in [5, 5.41) is 0. The van der Waals surface area contributed by atoms with Gasteiger partial charge in [-0.05, 0) is 42.0 Å². The smallest absolute Gasteiger partial charge is 0.420 e. The van der Waals surface area contributed by atoms with Gasteiger partial charge < -0.3 is 19.1 Å². The Bertz CT molecular complexity index is 1380. The van der Waals surface area contributed by atoms with Crippen LogP contribution in [0.15, 0.2) is 47.0 Å². The number of Topliss-reactive ketones (excluding diaryl/α,β-unsaturated/α-hetero) is 1. The molecule has 1 aromatic carbocycles. The van der Waals surface area contributed by atoms with Crippen molar-refractivity contribution >= 4 is 23.5 Å². The average molecular weight is 574 g/mol. The van der Waals surface area contributed by atoms with Crippen molar-refractivity contribution in [3.63, 3.8) is 0 Å². The third-order valence-corrected chi connectivity index (χ3v) is 7.62. The van der Waals surface area contributed by atoms with E-state index in [1.165, 1.54) is 12.3 Å². The van der Waals surface area contributed by atoms with Crippen LogP contribution < -0.4 is 9.80 Å². The zero-order valence-corrected chi connectivity index (χ0v) is 22.7. The second kappa shape index (κ2) is 11.9. The number of aromatic nitrogens is 2. The van der Waals surface area contributed by atoms with Gasteiger partial charge >= 0.3 is 6.18 Å². The van der Waals surface area contributed by atoms with Crippen molar-refractivity contribution in [3.8, 4) is 0 Å². The topological polar surface area (TPSA) is 82.8 Å². The molecular formula is C29H31F4N5O3. The summed E-state index contributed by atoms with van der Waals surface area (Å²) in [6.45, 7) is 5.04. The van der Waals surface area contributed by atoms with Crippen LogP contribution in [0.1, 0.15) is 47.1 Å². The van der Waals surface area contributed by atoms with Crippen LogP contribution in [-0.4, -0.2) is 65.8 Å². The standard InChI is InChI=1S/C29H31F4N5O3/c1-19-8-10-38(11-9-19)28-35-27(29(31,32)33)26(41-28)23(39)16-20-6-7-24(34-18-20)36-12-14-37(15-13-36)25(40)17-21-4-2-3-5-22(21)30/h2-7,18-19H,8-17H2,1H3. The maximum atomic E-state index is 13.9. The first-order valence-electron chi connectivity index (χ1n) is 13.7. The minimum absolute atomic E-state index is 0.00633. The molecule has 0 unspecified atom stereocenters. The van der Waals surface area contributed by atoms with Gasteiger partial charge in [0.1, 0.15) is 11.6 Å². The highest BCUT2D eigenvalue weighted by Crippen LogP contribution is 2.35. The zero-order valence-electron chi connectivity index (χ0n) is 22.7. The van der Waals surface area contributed by atoms with Crippen LogP contribution in [0.3, 0.4) is 0 Å². The van der Waals surface area contributed by atoms with Gasteiger partial charge in [0.05, 0.1) is 6.42 Å². The summed E-state index contributed by atoms with van der Waals surface area (Å²) in [5.41, 5.74) is -0.504. The number of amides is 1. The lowest BCUT2D eigenvalue weighted by molar-refractivity contribution is -0.141. The quantitative estimate of drug-likeness (QED) is 0.297. The van der Waals surface area contributed by atoms with Gasteiger partial charge in [0.2, 0.25) is 17.5 Å². The number of nitrogens with zero attached hydrogens (tertiary/aromatic N) is 5. The Morgan fingerprint density at radius 3 is 2.29 bits per heavy atom. The maximum absolute atomic E-state index is 13.9. The number of anilines is 2. The largest absolute Gasteiger partial charge is 0.437 e. The lowest BCUT2D eigenvalue weighted by Gasteiger charge is -2.35. The molecule has 4 heterocycles. The molecule has 12 heteroatoms. The van der Waals surface area contributed by atoms with Crippen molar-refractivity contribution in [2.75, 3.05) is 49.1 Å². The van der Waals surface area contributed by atoms with Gasteiger partial charge in [-0.1, -0.05) is 31.2 Å². The van der Waals surface area contributed by atoms with E-state index in [9.17, 15) is 27.2 Å². The summed E-state index contributed by atoms with van der Waals surface area (Å²) in [6.07, 6.45) is -2.07. The third-order valence-electron chi connectivity index (χ3n) is 7.62. The molecule has 0 spiro atoms. The van der Waals surface area contributed by atoms with Crippen LogP contribution in [0.25, 0.3) is 0 Å². The SMILES string of the molecule is CC1CCN(c2nc(C(F)(F)F)c(C(=O)Cc3ccc(N4CCN(C(=O)Cc5ccccc5F)CC4)nc3)o2)CC1. The lowest BCUT2D eigenvalue weighted by Crippen LogP contribution is -2.49. The van der Waals surface area contributed by atoms with Gasteiger partial charge in [0.15, 0.2) is 5.69 Å². The molecule has 0 radical (unpaired) electrons. The summed E-state index contributed by atoms with van der Waals surface area (Å²) >= 11 is 0. The van der Waals surface area contributed by atoms with E-state index < -0.39 is 29.2 Å². The van der Waals surface area contributed by atoms with Gasteiger partial charge in [0.25, 0.3) is 6.01 Å². The van der Waals surface area contributed by atoms with Gasteiger partial charge in [-0.2, -0.15) is 18.2 Å². The minimum atomic E-state index is -4.82. The highest BCUT2D eigenvalue weighted by Gasteiger charge is 2.42. The molecule has 2 saturated heterocycles. The monoisotopic (exact) mass is 573 g/mol. The predicted octanol–water partition coefficient (Wildman–Crippen LogP) is 4.78. The average Bonchev–Trinajstić information content (AvgIpc) is 3.42. The Kier molecular flexibility index (Phi) is 8.27. The van der Waals surface area contributed by atoms with E-state index >= 15 is 0 Å². The summed E-state index contributed by atoms with van der Waals surface area (Å²) in [4.78, 5) is 38.9. The number of pyridine rings is 1. The Morgan fingerprint density at radius 1 is 0.951 bits per heavy atom. The van der Waals surface area contributed by atoms with Crippen LogP contribution in [0, 0.1) is 11.7 Å². The van der Waals surface area contributed by atoms with Gasteiger partial charge in [-0.15, -0.1) is 0 Å². The molecule has 2 fully saturated rings. The molecule has 0 aliphatic carbocycles. The molecule has 0 bridgehead atoms. The summed E-state index contributed by atoms with van der Waals surface area (Å²) in [5.74, 6) is -1.07.